The summed E-state index contributed by atoms with van der Waals surface area (Å²) in [6.45, 7) is 2.31. The fourth-order valence-electron chi connectivity index (χ4n) is 3.91. The standard InChI is InChI=1S/C21H30N4O/c1-22(2)18-11-9-17(10-12-18)15-24(4)21(26)16-25-14-6-8-20(25)19-7-5-13-23(19)3/h5,7,9-13,20H,6,8,14-16H2,1-4H3/p+1/t20-/m0/s1. The van der Waals surface area contributed by atoms with E-state index in [2.05, 4.69) is 59.1 Å². The summed E-state index contributed by atoms with van der Waals surface area (Å²) in [5, 5.41) is 0. The highest BCUT2D eigenvalue weighted by atomic mass is 16.2. The van der Waals surface area contributed by atoms with Gasteiger partial charge in [0.15, 0.2) is 6.54 Å². The Morgan fingerprint density at radius 3 is 2.54 bits per heavy atom. The molecular formula is C21H31N4O+. The number of aryl methyl sites for hydroxylation is 1. The Balaban J connectivity index is 1.59. The number of rotatable bonds is 6. The maximum atomic E-state index is 12.8. The zero-order valence-corrected chi connectivity index (χ0v) is 16.4. The van der Waals surface area contributed by atoms with Crippen LogP contribution in [0, 0.1) is 0 Å². The van der Waals surface area contributed by atoms with Gasteiger partial charge in [-0.05, 0) is 29.8 Å². The van der Waals surface area contributed by atoms with E-state index >= 15 is 0 Å². The van der Waals surface area contributed by atoms with Crippen LogP contribution in [0.3, 0.4) is 0 Å². The van der Waals surface area contributed by atoms with E-state index in [4.69, 9.17) is 0 Å². The van der Waals surface area contributed by atoms with E-state index in [9.17, 15) is 4.79 Å². The molecule has 2 heterocycles. The number of anilines is 1. The van der Waals surface area contributed by atoms with E-state index in [-0.39, 0.29) is 5.91 Å². The number of amides is 1. The van der Waals surface area contributed by atoms with Gasteiger partial charge in [-0.1, -0.05) is 12.1 Å². The molecule has 3 rings (SSSR count). The fraction of sp³-hybridized carbons (Fsp3) is 0.476. The Hall–Kier alpha value is -2.27. The van der Waals surface area contributed by atoms with Crippen molar-refractivity contribution in [3.63, 3.8) is 0 Å². The molecule has 0 spiro atoms. The van der Waals surface area contributed by atoms with Crippen molar-refractivity contribution in [3.8, 4) is 0 Å². The minimum atomic E-state index is 0.220. The number of nitrogens with zero attached hydrogens (tertiary/aromatic N) is 3. The first-order valence-electron chi connectivity index (χ1n) is 9.41. The third-order valence-electron chi connectivity index (χ3n) is 5.50. The van der Waals surface area contributed by atoms with Crippen molar-refractivity contribution in [1.82, 2.24) is 9.47 Å². The SMILES string of the molecule is CN(Cc1ccc(N(C)C)cc1)C(=O)C[NH+]1CCC[C@H]1c1cccn1C. The molecule has 0 aliphatic carbocycles. The fourth-order valence-corrected chi connectivity index (χ4v) is 3.91. The third kappa shape index (κ3) is 4.10. The van der Waals surface area contributed by atoms with Gasteiger partial charge in [0, 0.05) is 59.5 Å². The van der Waals surface area contributed by atoms with Crippen molar-refractivity contribution in [2.75, 3.05) is 39.1 Å². The molecule has 1 aliphatic rings. The van der Waals surface area contributed by atoms with Crippen molar-refractivity contribution in [2.45, 2.75) is 25.4 Å². The second-order valence-corrected chi connectivity index (χ2v) is 7.63. The van der Waals surface area contributed by atoms with Gasteiger partial charge in [0.1, 0.15) is 6.04 Å². The van der Waals surface area contributed by atoms with E-state index in [1.165, 1.54) is 28.3 Å². The van der Waals surface area contributed by atoms with Crippen LogP contribution in [-0.4, -0.2) is 49.6 Å². The molecule has 1 aromatic carbocycles. The van der Waals surface area contributed by atoms with Crippen LogP contribution in [0.1, 0.15) is 30.1 Å². The number of carbonyl (C=O) groups is 1. The molecule has 1 unspecified atom stereocenters. The highest BCUT2D eigenvalue weighted by molar-refractivity contribution is 5.76. The Morgan fingerprint density at radius 1 is 1.19 bits per heavy atom. The topological polar surface area (TPSA) is 32.9 Å². The predicted octanol–water partition coefficient (Wildman–Crippen LogP) is 1.47. The minimum absolute atomic E-state index is 0.220. The van der Waals surface area contributed by atoms with E-state index in [1.807, 2.05) is 26.0 Å². The lowest BCUT2D eigenvalue weighted by atomic mass is 10.1. The lowest BCUT2D eigenvalue weighted by Gasteiger charge is -2.24. The normalized spacial score (nSPS) is 19.5. The van der Waals surface area contributed by atoms with Crippen molar-refractivity contribution in [1.29, 1.82) is 0 Å². The number of likely N-dealkylation sites (N-methyl/N-ethyl adjacent to an activating group) is 1. The van der Waals surface area contributed by atoms with Gasteiger partial charge in [-0.3, -0.25) is 4.79 Å². The summed E-state index contributed by atoms with van der Waals surface area (Å²) in [5.41, 5.74) is 3.68. The first-order valence-corrected chi connectivity index (χ1v) is 9.41. The molecule has 2 atom stereocenters. The van der Waals surface area contributed by atoms with Gasteiger partial charge in [-0.2, -0.15) is 0 Å². The third-order valence-corrected chi connectivity index (χ3v) is 5.50. The number of carbonyl (C=O) groups excluding carboxylic acids is 1. The average molecular weight is 356 g/mol. The number of quaternary nitrogens is 1. The summed E-state index contributed by atoms with van der Waals surface area (Å²) in [6.07, 6.45) is 4.45. The minimum Gasteiger partial charge on any atom is -0.378 e. The van der Waals surface area contributed by atoms with Crippen molar-refractivity contribution < 1.29 is 9.69 Å². The van der Waals surface area contributed by atoms with Gasteiger partial charge < -0.3 is 19.3 Å². The number of benzene rings is 1. The molecule has 1 N–H and O–H groups in total. The van der Waals surface area contributed by atoms with Gasteiger partial charge in [0.2, 0.25) is 0 Å². The van der Waals surface area contributed by atoms with Gasteiger partial charge in [0.25, 0.3) is 5.91 Å². The largest absolute Gasteiger partial charge is 0.378 e. The maximum Gasteiger partial charge on any atom is 0.277 e. The molecule has 2 aromatic rings. The van der Waals surface area contributed by atoms with Crippen LogP contribution in [-0.2, 0) is 18.4 Å². The Morgan fingerprint density at radius 2 is 1.92 bits per heavy atom. The number of aromatic nitrogens is 1. The van der Waals surface area contributed by atoms with Crippen LogP contribution in [0.25, 0.3) is 0 Å². The maximum absolute atomic E-state index is 12.8. The zero-order valence-electron chi connectivity index (χ0n) is 16.4. The van der Waals surface area contributed by atoms with Gasteiger partial charge in [0.05, 0.1) is 12.2 Å². The van der Waals surface area contributed by atoms with Crippen molar-refractivity contribution in [2.24, 2.45) is 7.05 Å². The highest BCUT2D eigenvalue weighted by Gasteiger charge is 2.33. The Bertz CT molecular complexity index is 735. The average Bonchev–Trinajstić information content (AvgIpc) is 3.23. The quantitative estimate of drug-likeness (QED) is 0.851. The molecular weight excluding hydrogens is 324 g/mol. The van der Waals surface area contributed by atoms with Gasteiger partial charge in [-0.15, -0.1) is 0 Å². The van der Waals surface area contributed by atoms with Crippen LogP contribution >= 0.6 is 0 Å². The Labute approximate surface area is 156 Å². The molecule has 1 aliphatic heterocycles. The summed E-state index contributed by atoms with van der Waals surface area (Å²) < 4.78 is 2.19. The molecule has 0 saturated carbocycles. The summed E-state index contributed by atoms with van der Waals surface area (Å²) >= 11 is 0. The zero-order chi connectivity index (χ0) is 18.7. The number of hydrogen-bond acceptors (Lipinski definition) is 2. The van der Waals surface area contributed by atoms with Crippen molar-refractivity contribution in [3.05, 3.63) is 53.9 Å². The smallest absolute Gasteiger partial charge is 0.277 e. The first-order chi connectivity index (χ1) is 12.5. The summed E-state index contributed by atoms with van der Waals surface area (Å²) in [7, 11) is 8.07. The lowest BCUT2D eigenvalue weighted by molar-refractivity contribution is -0.911. The van der Waals surface area contributed by atoms with E-state index in [0.29, 0.717) is 19.1 Å². The lowest BCUT2D eigenvalue weighted by Crippen LogP contribution is -3.11. The van der Waals surface area contributed by atoms with Crippen LogP contribution in [0.15, 0.2) is 42.6 Å². The van der Waals surface area contributed by atoms with Gasteiger partial charge in [-0.25, -0.2) is 0 Å². The Kier molecular flexibility index (Phi) is 5.67. The number of likely N-dealkylation sites (tertiary alicyclic amines) is 1. The molecule has 140 valence electrons. The van der Waals surface area contributed by atoms with Crippen molar-refractivity contribution >= 4 is 11.6 Å². The van der Waals surface area contributed by atoms with Crippen LogP contribution in [0.2, 0.25) is 0 Å². The van der Waals surface area contributed by atoms with Crippen LogP contribution in [0.4, 0.5) is 5.69 Å². The summed E-state index contributed by atoms with van der Waals surface area (Å²) in [4.78, 5) is 18.1. The molecule has 5 heteroatoms. The van der Waals surface area contributed by atoms with Crippen LogP contribution in [0.5, 0.6) is 0 Å². The van der Waals surface area contributed by atoms with E-state index in [0.717, 1.165) is 13.0 Å². The molecule has 0 radical (unpaired) electrons. The molecule has 26 heavy (non-hydrogen) atoms. The number of nitrogens with one attached hydrogen (secondary N) is 1. The monoisotopic (exact) mass is 355 g/mol. The molecule has 1 aromatic heterocycles. The summed E-state index contributed by atoms with van der Waals surface area (Å²) in [6, 6.07) is 13.1. The molecule has 5 nitrogen and oxygen atoms in total. The highest BCUT2D eigenvalue weighted by Crippen LogP contribution is 2.19. The second-order valence-electron chi connectivity index (χ2n) is 7.63. The molecule has 0 bridgehead atoms. The molecule has 1 saturated heterocycles. The molecule has 1 amide bonds. The van der Waals surface area contributed by atoms with E-state index in [1.54, 1.807) is 0 Å². The van der Waals surface area contributed by atoms with Gasteiger partial charge >= 0.3 is 0 Å². The van der Waals surface area contributed by atoms with E-state index < -0.39 is 0 Å². The van der Waals surface area contributed by atoms with Crippen LogP contribution < -0.4 is 9.80 Å². The number of hydrogen-bond donors (Lipinski definition) is 1. The first kappa shape index (κ1) is 18.5. The predicted molar refractivity (Wildman–Crippen MR) is 105 cm³/mol. The summed E-state index contributed by atoms with van der Waals surface area (Å²) in [5.74, 6) is 0.220. The molecule has 1 fully saturated rings. The second kappa shape index (κ2) is 7.96.